The van der Waals surface area contributed by atoms with Crippen molar-refractivity contribution in [3.8, 4) is 0 Å². The number of carbonyl (C=O) groups excluding carboxylic acids is 1. The number of benzene rings is 1. The van der Waals surface area contributed by atoms with Crippen LogP contribution in [-0.4, -0.2) is 55.9 Å². The summed E-state index contributed by atoms with van der Waals surface area (Å²) in [6.07, 6.45) is 1.21. The van der Waals surface area contributed by atoms with Crippen LogP contribution in [0.5, 0.6) is 0 Å². The molecule has 0 aromatic heterocycles. The average molecular weight is 392 g/mol. The van der Waals surface area contributed by atoms with Crippen LogP contribution in [0.2, 0.25) is 0 Å². The van der Waals surface area contributed by atoms with E-state index in [1.54, 1.807) is 0 Å². The molecule has 1 aromatic carbocycles. The number of halogens is 2. The lowest BCUT2D eigenvalue weighted by Crippen LogP contribution is -2.36. The summed E-state index contributed by atoms with van der Waals surface area (Å²) in [4.78, 5) is 14.7. The molecule has 2 saturated heterocycles. The monoisotopic (exact) mass is 391 g/mol. The summed E-state index contributed by atoms with van der Waals surface area (Å²) in [6.45, 7) is 4.67. The molecular weight excluding hydrogens is 365 g/mol. The number of rotatable bonds is 5. The fraction of sp³-hybridized carbons (Fsp3) is 0.588. The number of hydrogen-bond donors (Lipinski definition) is 2. The summed E-state index contributed by atoms with van der Waals surface area (Å²) >= 11 is 0. The molecule has 25 heavy (non-hydrogen) atoms. The van der Waals surface area contributed by atoms with Gasteiger partial charge in [-0.2, -0.15) is 0 Å². The number of hydrogen-bond acceptors (Lipinski definition) is 5. The zero-order valence-electron chi connectivity index (χ0n) is 14.2. The Balaban J connectivity index is 0.00000156. The first-order valence-corrected chi connectivity index (χ1v) is 8.30. The van der Waals surface area contributed by atoms with Gasteiger partial charge < -0.3 is 20.5 Å². The molecule has 2 heterocycles. The maximum Gasteiger partial charge on any atom is 0.253 e. The minimum Gasteiger partial charge on any atom is -0.379 e. The fourth-order valence-electron chi connectivity index (χ4n) is 3.07. The first kappa shape index (κ1) is 22.2. The summed E-state index contributed by atoms with van der Waals surface area (Å²) in [5, 5.41) is 3.02. The van der Waals surface area contributed by atoms with Crippen LogP contribution < -0.4 is 11.1 Å². The number of carbonyl (C=O) groups is 1. The molecule has 8 heteroatoms. The number of nitrogens with one attached hydrogen (secondary N) is 1. The van der Waals surface area contributed by atoms with Crippen LogP contribution in [0.1, 0.15) is 18.4 Å². The van der Waals surface area contributed by atoms with E-state index in [-0.39, 0.29) is 42.9 Å². The third-order valence-corrected chi connectivity index (χ3v) is 4.44. The van der Waals surface area contributed by atoms with Gasteiger partial charge in [0.25, 0.3) is 5.91 Å². The molecule has 3 N–H and O–H groups in total. The van der Waals surface area contributed by atoms with E-state index in [2.05, 4.69) is 16.3 Å². The Labute approximate surface area is 161 Å². The molecule has 0 unspecified atom stereocenters. The van der Waals surface area contributed by atoms with E-state index in [0.717, 1.165) is 56.9 Å². The first-order chi connectivity index (χ1) is 11.3. The van der Waals surface area contributed by atoms with Crippen molar-refractivity contribution in [2.24, 2.45) is 5.73 Å². The van der Waals surface area contributed by atoms with Crippen LogP contribution in [0, 0.1) is 0 Å². The van der Waals surface area contributed by atoms with E-state index in [4.69, 9.17) is 15.2 Å². The van der Waals surface area contributed by atoms with Crippen LogP contribution in [0.15, 0.2) is 24.3 Å². The maximum atomic E-state index is 12.4. The summed E-state index contributed by atoms with van der Waals surface area (Å²) in [5.74, 6) is -0.0737. The Bertz CT molecular complexity index is 542. The van der Waals surface area contributed by atoms with Crippen molar-refractivity contribution in [1.29, 1.82) is 0 Å². The Morgan fingerprint density at radius 3 is 2.60 bits per heavy atom. The zero-order chi connectivity index (χ0) is 16.1. The highest BCUT2D eigenvalue weighted by atomic mass is 35.5. The largest absolute Gasteiger partial charge is 0.379 e. The summed E-state index contributed by atoms with van der Waals surface area (Å²) in [7, 11) is 0. The van der Waals surface area contributed by atoms with Gasteiger partial charge in [-0.15, -0.1) is 24.8 Å². The molecule has 0 radical (unpaired) electrons. The minimum atomic E-state index is -0.389. The predicted octanol–water partition coefficient (Wildman–Crippen LogP) is 1.81. The molecule has 2 atom stereocenters. The Morgan fingerprint density at radius 1 is 1.20 bits per heavy atom. The van der Waals surface area contributed by atoms with E-state index in [0.29, 0.717) is 6.54 Å². The van der Waals surface area contributed by atoms with Gasteiger partial charge in [-0.25, -0.2) is 0 Å². The van der Waals surface area contributed by atoms with E-state index in [1.165, 1.54) is 0 Å². The molecule has 0 aliphatic carbocycles. The normalized spacial score (nSPS) is 23.4. The lowest BCUT2D eigenvalue weighted by Gasteiger charge is -2.27. The maximum absolute atomic E-state index is 12.4. The molecule has 0 bridgehead atoms. The van der Waals surface area contributed by atoms with Gasteiger partial charge in [-0.1, -0.05) is 18.2 Å². The molecule has 1 amide bonds. The van der Waals surface area contributed by atoms with E-state index >= 15 is 0 Å². The van der Waals surface area contributed by atoms with Crippen molar-refractivity contribution in [1.82, 2.24) is 4.90 Å². The number of nitrogens with two attached hydrogens (primary N) is 1. The highest BCUT2D eigenvalue weighted by Gasteiger charge is 2.30. The quantitative estimate of drug-likeness (QED) is 0.799. The van der Waals surface area contributed by atoms with Gasteiger partial charge in [-0.3, -0.25) is 9.69 Å². The molecule has 142 valence electrons. The Kier molecular flexibility index (Phi) is 9.71. The van der Waals surface area contributed by atoms with Gasteiger partial charge >= 0.3 is 0 Å². The van der Waals surface area contributed by atoms with Gasteiger partial charge in [0.1, 0.15) is 6.10 Å². The summed E-state index contributed by atoms with van der Waals surface area (Å²) in [6, 6.07) is 7.95. The van der Waals surface area contributed by atoms with Crippen LogP contribution in [0.3, 0.4) is 0 Å². The fourth-order valence-corrected chi connectivity index (χ4v) is 3.07. The zero-order valence-corrected chi connectivity index (χ0v) is 15.8. The second-order valence-electron chi connectivity index (χ2n) is 6.09. The van der Waals surface area contributed by atoms with Crippen molar-refractivity contribution >= 4 is 36.4 Å². The second-order valence-corrected chi connectivity index (χ2v) is 6.09. The van der Waals surface area contributed by atoms with Gasteiger partial charge in [0, 0.05) is 31.9 Å². The highest BCUT2D eigenvalue weighted by molar-refractivity contribution is 5.95. The van der Waals surface area contributed by atoms with E-state index in [9.17, 15) is 4.79 Å². The molecule has 0 spiro atoms. The smallest absolute Gasteiger partial charge is 0.253 e. The lowest BCUT2D eigenvalue weighted by atomic mass is 10.1. The predicted molar refractivity (Wildman–Crippen MR) is 103 cm³/mol. The van der Waals surface area contributed by atoms with E-state index < -0.39 is 0 Å². The SMILES string of the molecule is Cl.Cl.NC[C@H]1CC[C@@H](C(=O)Nc2ccccc2CN2CCOCC2)O1. The number of para-hydroxylation sites is 1. The molecule has 0 saturated carbocycles. The first-order valence-electron chi connectivity index (χ1n) is 8.30. The Morgan fingerprint density at radius 2 is 1.92 bits per heavy atom. The number of amides is 1. The molecule has 2 aliphatic rings. The number of morpholine rings is 1. The summed E-state index contributed by atoms with van der Waals surface area (Å²) < 4.78 is 11.1. The molecule has 2 aliphatic heterocycles. The van der Waals surface area contributed by atoms with Crippen molar-refractivity contribution < 1.29 is 14.3 Å². The van der Waals surface area contributed by atoms with Crippen molar-refractivity contribution in [2.45, 2.75) is 31.6 Å². The van der Waals surface area contributed by atoms with Crippen molar-refractivity contribution in [3.05, 3.63) is 29.8 Å². The van der Waals surface area contributed by atoms with Gasteiger partial charge in [0.05, 0.1) is 19.3 Å². The van der Waals surface area contributed by atoms with Gasteiger partial charge in [-0.05, 0) is 24.5 Å². The average Bonchev–Trinajstić information content (AvgIpc) is 3.07. The van der Waals surface area contributed by atoms with Crippen LogP contribution >= 0.6 is 24.8 Å². The van der Waals surface area contributed by atoms with Crippen molar-refractivity contribution in [2.75, 3.05) is 38.2 Å². The third-order valence-electron chi connectivity index (χ3n) is 4.44. The van der Waals surface area contributed by atoms with Crippen molar-refractivity contribution in [3.63, 3.8) is 0 Å². The minimum absolute atomic E-state index is 0. The number of anilines is 1. The number of ether oxygens (including phenoxy) is 2. The molecule has 3 rings (SSSR count). The lowest BCUT2D eigenvalue weighted by molar-refractivity contribution is -0.126. The highest BCUT2D eigenvalue weighted by Crippen LogP contribution is 2.22. The van der Waals surface area contributed by atoms with Gasteiger partial charge in [0.15, 0.2) is 0 Å². The number of nitrogens with zero attached hydrogens (tertiary/aromatic N) is 1. The van der Waals surface area contributed by atoms with E-state index in [1.807, 2.05) is 18.2 Å². The topological polar surface area (TPSA) is 76.8 Å². The summed E-state index contributed by atoms with van der Waals surface area (Å²) in [5.41, 5.74) is 7.59. The molecular formula is C17H27Cl2N3O3. The van der Waals surface area contributed by atoms with Crippen LogP contribution in [-0.2, 0) is 20.8 Å². The van der Waals surface area contributed by atoms with Gasteiger partial charge in [0.2, 0.25) is 0 Å². The Hall–Kier alpha value is -0.890. The van der Waals surface area contributed by atoms with Crippen LogP contribution in [0.25, 0.3) is 0 Å². The standard InChI is InChI=1S/C17H25N3O3.2ClH/c18-11-14-5-6-16(23-14)17(21)19-15-4-2-1-3-13(15)12-20-7-9-22-10-8-20;;/h1-4,14,16H,5-12,18H2,(H,19,21);2*1H/t14-,16+;;/m1../s1. The second kappa shape index (κ2) is 11.0. The third kappa shape index (κ3) is 6.09. The molecule has 2 fully saturated rings. The molecule has 6 nitrogen and oxygen atoms in total. The van der Waals surface area contributed by atoms with Crippen LogP contribution in [0.4, 0.5) is 5.69 Å². The molecule has 1 aromatic rings.